The molecule has 1 saturated heterocycles. The summed E-state index contributed by atoms with van der Waals surface area (Å²) >= 11 is 0. The molecule has 1 heterocycles. The summed E-state index contributed by atoms with van der Waals surface area (Å²) in [6.45, 7) is 0.613. The van der Waals surface area contributed by atoms with Crippen molar-refractivity contribution in [2.45, 2.75) is 56.2 Å². The van der Waals surface area contributed by atoms with E-state index in [1.807, 2.05) is 0 Å². The Morgan fingerprint density at radius 2 is 2.05 bits per heavy atom. The van der Waals surface area contributed by atoms with E-state index in [2.05, 4.69) is 0 Å². The third-order valence-electron chi connectivity index (χ3n) is 4.68. The Bertz CT molecular complexity index is 464. The number of hydrogen-bond donors (Lipinski definition) is 1. The van der Waals surface area contributed by atoms with Gasteiger partial charge in [0.2, 0.25) is 10.0 Å². The number of rotatable bonds is 6. The molecule has 0 aromatic rings. The van der Waals surface area contributed by atoms with Gasteiger partial charge in [-0.3, -0.25) is 4.79 Å². The van der Waals surface area contributed by atoms with Gasteiger partial charge in [0.1, 0.15) is 0 Å². The highest BCUT2D eigenvalue weighted by Gasteiger charge is 2.47. The van der Waals surface area contributed by atoms with Gasteiger partial charge >= 0.3 is 5.97 Å². The smallest absolute Gasteiger partial charge is 0.310 e. The summed E-state index contributed by atoms with van der Waals surface area (Å²) in [4.78, 5) is 11.8. The first-order valence-electron chi connectivity index (χ1n) is 7.71. The van der Waals surface area contributed by atoms with E-state index in [4.69, 9.17) is 9.84 Å². The average molecular weight is 319 g/mol. The summed E-state index contributed by atoms with van der Waals surface area (Å²) in [5.74, 6) is -0.939. The van der Waals surface area contributed by atoms with E-state index in [1.54, 1.807) is 4.31 Å². The van der Waals surface area contributed by atoms with Crippen LogP contribution in [0.1, 0.15) is 44.9 Å². The van der Waals surface area contributed by atoms with Crippen LogP contribution < -0.4 is 0 Å². The lowest BCUT2D eigenvalue weighted by Crippen LogP contribution is -2.44. The molecule has 0 spiro atoms. The first-order chi connectivity index (χ1) is 10.0. The molecule has 7 heteroatoms. The molecule has 2 aliphatic rings. The summed E-state index contributed by atoms with van der Waals surface area (Å²) < 4.78 is 32.1. The minimum absolute atomic E-state index is 0.0268. The van der Waals surface area contributed by atoms with Gasteiger partial charge in [-0.2, -0.15) is 4.31 Å². The van der Waals surface area contributed by atoms with E-state index in [0.717, 1.165) is 19.3 Å². The number of nitrogens with zero attached hydrogens (tertiary/aromatic N) is 1. The second-order valence-electron chi connectivity index (χ2n) is 5.92. The van der Waals surface area contributed by atoms with Gasteiger partial charge in [0.25, 0.3) is 0 Å². The first-order valence-corrected chi connectivity index (χ1v) is 9.22. The molecule has 122 valence electrons. The van der Waals surface area contributed by atoms with Crippen molar-refractivity contribution < 1.29 is 23.1 Å². The van der Waals surface area contributed by atoms with Gasteiger partial charge in [-0.15, -0.1) is 0 Å². The fourth-order valence-corrected chi connectivity index (χ4v) is 6.12. The number of carbonyl (C=O) groups is 1. The summed E-state index contributed by atoms with van der Waals surface area (Å²) in [5.41, 5.74) is 0. The average Bonchev–Trinajstić information content (AvgIpc) is 3.13. The van der Waals surface area contributed by atoms with E-state index < -0.39 is 27.2 Å². The molecule has 0 aromatic heterocycles. The molecule has 0 bridgehead atoms. The van der Waals surface area contributed by atoms with Crippen LogP contribution in [0.3, 0.4) is 0 Å². The Kier molecular flexibility index (Phi) is 5.62. The third kappa shape index (κ3) is 3.40. The monoisotopic (exact) mass is 319 g/mol. The van der Waals surface area contributed by atoms with Gasteiger partial charge in [0, 0.05) is 19.2 Å². The van der Waals surface area contributed by atoms with Gasteiger partial charge in [0.05, 0.1) is 18.3 Å². The second kappa shape index (κ2) is 7.07. The maximum absolute atomic E-state index is 12.9. The highest BCUT2D eigenvalue weighted by molar-refractivity contribution is 7.89. The zero-order chi connectivity index (χ0) is 15.5. The topological polar surface area (TPSA) is 83.9 Å². The lowest BCUT2D eigenvalue weighted by molar-refractivity contribution is -0.145. The molecule has 0 radical (unpaired) electrons. The summed E-state index contributed by atoms with van der Waals surface area (Å²) in [7, 11) is -2.16. The molecule has 3 atom stereocenters. The number of aliphatic hydroxyl groups is 1. The predicted octanol–water partition coefficient (Wildman–Crippen LogP) is 0.895. The van der Waals surface area contributed by atoms with Crippen molar-refractivity contribution >= 4 is 16.0 Å². The predicted molar refractivity (Wildman–Crippen MR) is 78.1 cm³/mol. The maximum atomic E-state index is 12.9. The van der Waals surface area contributed by atoms with Crippen molar-refractivity contribution in [3.63, 3.8) is 0 Å². The molecular formula is C14H25NO5S. The van der Waals surface area contributed by atoms with Crippen LogP contribution in [0.5, 0.6) is 0 Å². The minimum atomic E-state index is -3.47. The standard InChI is InChI=1S/C14H25NO5S/c1-20-14(17)12-7-2-8-13(12)21(18,19)15-9-3-5-11(15)6-4-10-16/h11-13,16H,2-10H2,1H3. The molecular weight excluding hydrogens is 294 g/mol. The molecule has 21 heavy (non-hydrogen) atoms. The number of aliphatic hydroxyl groups excluding tert-OH is 1. The molecule has 2 rings (SSSR count). The second-order valence-corrected chi connectivity index (χ2v) is 8.02. The first kappa shape index (κ1) is 16.7. The maximum Gasteiger partial charge on any atom is 0.310 e. The van der Waals surface area contributed by atoms with Crippen LogP contribution in [-0.2, 0) is 19.6 Å². The number of carbonyl (C=O) groups excluding carboxylic acids is 1. The van der Waals surface area contributed by atoms with Crippen LogP contribution in [0, 0.1) is 5.92 Å². The SMILES string of the molecule is COC(=O)C1CCCC1S(=O)(=O)N1CCCC1CCCO. The minimum Gasteiger partial charge on any atom is -0.469 e. The van der Waals surface area contributed by atoms with Crippen molar-refractivity contribution in [1.29, 1.82) is 0 Å². The summed E-state index contributed by atoms with van der Waals surface area (Å²) in [6.07, 6.45) is 4.86. The number of sulfonamides is 1. The molecule has 2 fully saturated rings. The lowest BCUT2D eigenvalue weighted by atomic mass is 10.1. The number of ether oxygens (including phenoxy) is 1. The number of methoxy groups -OCH3 is 1. The molecule has 0 amide bonds. The Balaban J connectivity index is 2.14. The molecule has 1 aliphatic heterocycles. The zero-order valence-corrected chi connectivity index (χ0v) is 13.3. The van der Waals surface area contributed by atoms with Crippen molar-refractivity contribution in [3.05, 3.63) is 0 Å². The van der Waals surface area contributed by atoms with Gasteiger partial charge in [-0.1, -0.05) is 6.42 Å². The highest BCUT2D eigenvalue weighted by Crippen LogP contribution is 2.37. The third-order valence-corrected chi connectivity index (χ3v) is 7.15. The van der Waals surface area contributed by atoms with E-state index in [0.29, 0.717) is 32.2 Å². The Hall–Kier alpha value is -0.660. The van der Waals surface area contributed by atoms with Crippen LogP contribution in [-0.4, -0.2) is 55.4 Å². The Morgan fingerprint density at radius 1 is 1.29 bits per heavy atom. The fraction of sp³-hybridized carbons (Fsp3) is 0.929. The van der Waals surface area contributed by atoms with Gasteiger partial charge < -0.3 is 9.84 Å². The van der Waals surface area contributed by atoms with E-state index in [-0.39, 0.29) is 12.6 Å². The molecule has 6 nitrogen and oxygen atoms in total. The van der Waals surface area contributed by atoms with Gasteiger partial charge in [-0.05, 0) is 38.5 Å². The van der Waals surface area contributed by atoms with Crippen LogP contribution >= 0.6 is 0 Å². The molecule has 1 aliphatic carbocycles. The van der Waals surface area contributed by atoms with Crippen LogP contribution in [0.15, 0.2) is 0 Å². The quantitative estimate of drug-likeness (QED) is 0.735. The molecule has 1 saturated carbocycles. The van der Waals surface area contributed by atoms with Crippen LogP contribution in [0.2, 0.25) is 0 Å². The van der Waals surface area contributed by atoms with E-state index in [9.17, 15) is 13.2 Å². The van der Waals surface area contributed by atoms with Crippen molar-refractivity contribution in [3.8, 4) is 0 Å². The Labute approximate surface area is 126 Å². The van der Waals surface area contributed by atoms with Crippen molar-refractivity contribution in [2.75, 3.05) is 20.3 Å². The number of esters is 1. The van der Waals surface area contributed by atoms with Gasteiger partial charge in [-0.25, -0.2) is 8.42 Å². The van der Waals surface area contributed by atoms with Crippen LogP contribution in [0.25, 0.3) is 0 Å². The van der Waals surface area contributed by atoms with E-state index >= 15 is 0 Å². The number of hydrogen-bond acceptors (Lipinski definition) is 5. The molecule has 1 N–H and O–H groups in total. The lowest BCUT2D eigenvalue weighted by Gasteiger charge is -2.29. The van der Waals surface area contributed by atoms with E-state index in [1.165, 1.54) is 7.11 Å². The molecule has 0 aromatic carbocycles. The van der Waals surface area contributed by atoms with Gasteiger partial charge in [0.15, 0.2) is 0 Å². The van der Waals surface area contributed by atoms with Crippen molar-refractivity contribution in [1.82, 2.24) is 4.31 Å². The normalized spacial score (nSPS) is 30.7. The fourth-order valence-electron chi connectivity index (χ4n) is 3.64. The Morgan fingerprint density at radius 3 is 2.71 bits per heavy atom. The summed E-state index contributed by atoms with van der Waals surface area (Å²) in [6, 6.07) is -0.0268. The molecule has 3 unspecified atom stereocenters. The van der Waals surface area contributed by atoms with Crippen LogP contribution in [0.4, 0.5) is 0 Å². The summed E-state index contributed by atoms with van der Waals surface area (Å²) in [5, 5.41) is 8.31. The van der Waals surface area contributed by atoms with Crippen molar-refractivity contribution in [2.24, 2.45) is 5.92 Å². The largest absolute Gasteiger partial charge is 0.469 e. The zero-order valence-electron chi connectivity index (χ0n) is 12.5. The highest BCUT2D eigenvalue weighted by atomic mass is 32.2.